The number of halogens is 2. The average molecular weight is 362 g/mol. The molecule has 0 aliphatic rings. The maximum Gasteiger partial charge on any atom is 0.0702 e. The molecule has 0 atom stereocenters. The molecule has 2 nitrogen and oxygen atoms in total. The predicted molar refractivity (Wildman–Crippen MR) is 93.0 cm³/mol. The van der Waals surface area contributed by atoms with Crippen molar-refractivity contribution in [3.63, 3.8) is 0 Å². The van der Waals surface area contributed by atoms with E-state index in [0.29, 0.717) is 0 Å². The van der Waals surface area contributed by atoms with Gasteiger partial charge in [-0.1, -0.05) is 23.7 Å². The number of aromatic nitrogens is 1. The number of nitrogens with zero attached hydrogens (tertiary/aromatic N) is 1. The Morgan fingerprint density at radius 2 is 2.05 bits per heavy atom. The zero-order chi connectivity index (χ0) is 14.8. The molecular weight excluding hydrogens is 348 g/mol. The van der Waals surface area contributed by atoms with Crippen LogP contribution in [0, 0.1) is 6.92 Å². The second-order valence-corrected chi connectivity index (χ2v) is 6.23. The molecule has 0 amide bonds. The van der Waals surface area contributed by atoms with Crippen molar-refractivity contribution in [2.75, 3.05) is 5.32 Å². The van der Waals surface area contributed by atoms with E-state index in [-0.39, 0.29) is 0 Å². The summed E-state index contributed by atoms with van der Waals surface area (Å²) < 4.78 is 1.02. The summed E-state index contributed by atoms with van der Waals surface area (Å²) in [6.07, 6.45) is 1.81. The lowest BCUT2D eigenvalue weighted by Crippen LogP contribution is -2.00. The fraction of sp³-hybridized carbons (Fsp3) is 0.118. The molecule has 0 aliphatic carbocycles. The molecule has 0 bridgehead atoms. The van der Waals surface area contributed by atoms with Crippen molar-refractivity contribution in [1.82, 2.24) is 4.98 Å². The molecule has 2 aromatic carbocycles. The second-order valence-electron chi connectivity index (χ2n) is 4.97. The molecule has 0 saturated heterocycles. The molecule has 0 saturated carbocycles. The highest BCUT2D eigenvalue weighted by Gasteiger charge is 2.04. The molecule has 1 heterocycles. The number of nitrogens with one attached hydrogen (secondary N) is 1. The van der Waals surface area contributed by atoms with E-state index in [1.807, 2.05) is 37.4 Å². The van der Waals surface area contributed by atoms with Gasteiger partial charge in [0, 0.05) is 27.6 Å². The molecule has 3 aromatic rings. The Morgan fingerprint density at radius 3 is 2.90 bits per heavy atom. The minimum absolute atomic E-state index is 0.739. The molecule has 0 aliphatic heterocycles. The van der Waals surface area contributed by atoms with Crippen LogP contribution in [-0.2, 0) is 6.54 Å². The first-order valence-corrected chi connectivity index (χ1v) is 7.84. The Kier molecular flexibility index (Phi) is 4.13. The maximum absolute atomic E-state index is 6.18. The predicted octanol–water partition coefficient (Wildman–Crippen LogP) is 5.57. The number of hydrogen-bond donors (Lipinski definition) is 1. The summed E-state index contributed by atoms with van der Waals surface area (Å²) in [6.45, 7) is 2.73. The van der Waals surface area contributed by atoms with E-state index < -0.39 is 0 Å². The smallest absolute Gasteiger partial charge is 0.0702 e. The van der Waals surface area contributed by atoms with Gasteiger partial charge in [0.2, 0.25) is 0 Å². The second kappa shape index (κ2) is 6.04. The molecule has 0 spiro atoms. The minimum Gasteiger partial charge on any atom is -0.380 e. The third-order valence-electron chi connectivity index (χ3n) is 3.40. The normalized spacial score (nSPS) is 10.8. The Morgan fingerprint density at radius 1 is 1.19 bits per heavy atom. The van der Waals surface area contributed by atoms with Crippen molar-refractivity contribution in [2.24, 2.45) is 0 Å². The molecule has 1 aromatic heterocycles. The van der Waals surface area contributed by atoms with Gasteiger partial charge in [-0.25, -0.2) is 0 Å². The van der Waals surface area contributed by atoms with E-state index >= 15 is 0 Å². The molecule has 106 valence electrons. The summed E-state index contributed by atoms with van der Waals surface area (Å²) in [6, 6.07) is 14.3. The molecule has 0 radical (unpaired) electrons. The lowest BCUT2D eigenvalue weighted by Gasteiger charge is -2.11. The summed E-state index contributed by atoms with van der Waals surface area (Å²) in [4.78, 5) is 4.33. The number of rotatable bonds is 3. The Hall–Kier alpha value is -1.58. The zero-order valence-corrected chi connectivity index (χ0v) is 13.9. The molecule has 1 N–H and O–H groups in total. The third kappa shape index (κ3) is 3.20. The number of fused-ring (bicyclic) bond motifs is 1. The number of benzene rings is 2. The van der Waals surface area contributed by atoms with Crippen LogP contribution in [0.25, 0.3) is 10.9 Å². The van der Waals surface area contributed by atoms with Gasteiger partial charge in [0.25, 0.3) is 0 Å². The van der Waals surface area contributed by atoms with E-state index in [1.165, 1.54) is 5.56 Å². The first kappa shape index (κ1) is 14.4. The van der Waals surface area contributed by atoms with Crippen molar-refractivity contribution in [3.05, 3.63) is 69.3 Å². The lowest BCUT2D eigenvalue weighted by molar-refractivity contribution is 1.15. The van der Waals surface area contributed by atoms with Crippen LogP contribution in [0.3, 0.4) is 0 Å². The lowest BCUT2D eigenvalue weighted by atomic mass is 10.1. The molecular formula is C17H14BrClN2. The van der Waals surface area contributed by atoms with Gasteiger partial charge in [0.1, 0.15) is 0 Å². The summed E-state index contributed by atoms with van der Waals surface area (Å²) in [5.41, 5.74) is 4.28. The van der Waals surface area contributed by atoms with E-state index in [9.17, 15) is 0 Å². The molecule has 21 heavy (non-hydrogen) atoms. The van der Waals surface area contributed by atoms with Gasteiger partial charge >= 0.3 is 0 Å². The summed E-state index contributed by atoms with van der Waals surface area (Å²) in [5, 5.41) is 5.33. The van der Waals surface area contributed by atoms with Crippen LogP contribution in [0.1, 0.15) is 11.1 Å². The monoisotopic (exact) mass is 360 g/mol. The van der Waals surface area contributed by atoms with Crippen LogP contribution >= 0.6 is 27.5 Å². The van der Waals surface area contributed by atoms with Crippen LogP contribution in [0.5, 0.6) is 0 Å². The van der Waals surface area contributed by atoms with Gasteiger partial charge in [0.05, 0.1) is 11.2 Å². The van der Waals surface area contributed by atoms with E-state index in [2.05, 4.69) is 44.4 Å². The Bertz CT molecular complexity index is 802. The van der Waals surface area contributed by atoms with E-state index in [1.54, 1.807) is 0 Å². The largest absolute Gasteiger partial charge is 0.380 e. The third-order valence-corrected chi connectivity index (χ3v) is 4.46. The highest BCUT2D eigenvalue weighted by atomic mass is 79.9. The Balaban J connectivity index is 1.81. The van der Waals surface area contributed by atoms with Crippen LogP contribution in [-0.4, -0.2) is 4.98 Å². The zero-order valence-electron chi connectivity index (χ0n) is 11.5. The fourth-order valence-electron chi connectivity index (χ4n) is 2.21. The van der Waals surface area contributed by atoms with Gasteiger partial charge in [0.15, 0.2) is 0 Å². The fourth-order valence-corrected chi connectivity index (χ4v) is 2.98. The highest BCUT2D eigenvalue weighted by Crippen LogP contribution is 2.29. The van der Waals surface area contributed by atoms with Crippen molar-refractivity contribution < 1.29 is 0 Å². The van der Waals surface area contributed by atoms with Crippen molar-refractivity contribution in [2.45, 2.75) is 13.5 Å². The Labute approximate surface area is 137 Å². The quantitative estimate of drug-likeness (QED) is 0.659. The van der Waals surface area contributed by atoms with Crippen LogP contribution in [0.15, 0.2) is 53.1 Å². The summed E-state index contributed by atoms with van der Waals surface area (Å²) >= 11 is 9.74. The minimum atomic E-state index is 0.739. The van der Waals surface area contributed by atoms with Crippen molar-refractivity contribution in [1.29, 1.82) is 0 Å². The topological polar surface area (TPSA) is 24.9 Å². The molecule has 0 fully saturated rings. The van der Waals surface area contributed by atoms with Gasteiger partial charge < -0.3 is 5.32 Å². The summed E-state index contributed by atoms with van der Waals surface area (Å²) in [5.74, 6) is 0. The summed E-state index contributed by atoms with van der Waals surface area (Å²) in [7, 11) is 0. The number of hydrogen-bond acceptors (Lipinski definition) is 2. The number of aryl methyl sites for hydroxylation is 1. The SMILES string of the molecule is Cc1cc(Br)c(NCc2ccc3ncccc3c2)cc1Cl. The van der Waals surface area contributed by atoms with E-state index in [4.69, 9.17) is 11.6 Å². The standard InChI is InChI=1S/C17H14BrClN2/c1-11-7-14(18)17(9-15(11)19)21-10-12-4-5-16-13(8-12)3-2-6-20-16/h2-9,21H,10H2,1H3. The number of anilines is 1. The highest BCUT2D eigenvalue weighted by molar-refractivity contribution is 9.10. The van der Waals surface area contributed by atoms with Crippen LogP contribution < -0.4 is 5.32 Å². The average Bonchev–Trinajstić information content (AvgIpc) is 2.49. The maximum atomic E-state index is 6.18. The van der Waals surface area contributed by atoms with Crippen LogP contribution in [0.4, 0.5) is 5.69 Å². The van der Waals surface area contributed by atoms with Crippen molar-refractivity contribution in [3.8, 4) is 0 Å². The van der Waals surface area contributed by atoms with Gasteiger partial charge in [-0.05, 0) is 64.3 Å². The first-order chi connectivity index (χ1) is 10.1. The number of pyridine rings is 1. The van der Waals surface area contributed by atoms with Gasteiger partial charge in [-0.3, -0.25) is 4.98 Å². The molecule has 4 heteroatoms. The first-order valence-electron chi connectivity index (χ1n) is 6.66. The van der Waals surface area contributed by atoms with Crippen LogP contribution in [0.2, 0.25) is 5.02 Å². The molecule has 0 unspecified atom stereocenters. The molecule has 3 rings (SSSR count). The van der Waals surface area contributed by atoms with Crippen molar-refractivity contribution >= 4 is 44.1 Å². The van der Waals surface area contributed by atoms with E-state index in [0.717, 1.165) is 38.2 Å². The van der Waals surface area contributed by atoms with Gasteiger partial charge in [-0.15, -0.1) is 0 Å². The van der Waals surface area contributed by atoms with Gasteiger partial charge in [-0.2, -0.15) is 0 Å².